The predicted molar refractivity (Wildman–Crippen MR) is 109 cm³/mol. The van der Waals surface area contributed by atoms with Crippen molar-refractivity contribution in [3.8, 4) is 6.01 Å². The van der Waals surface area contributed by atoms with Crippen molar-refractivity contribution in [2.45, 2.75) is 45.7 Å². The predicted octanol–water partition coefficient (Wildman–Crippen LogP) is 2.94. The summed E-state index contributed by atoms with van der Waals surface area (Å²) in [6, 6.07) is 8.77. The zero-order valence-electron chi connectivity index (χ0n) is 16.4. The fraction of sp³-hybridized carbons (Fsp3) is 0.476. The van der Waals surface area contributed by atoms with Crippen LogP contribution in [0.5, 0.6) is 6.01 Å². The second-order valence-electron chi connectivity index (χ2n) is 7.41. The van der Waals surface area contributed by atoms with Crippen molar-refractivity contribution >= 4 is 11.2 Å². The van der Waals surface area contributed by atoms with Crippen LogP contribution in [-0.4, -0.2) is 44.1 Å². The van der Waals surface area contributed by atoms with E-state index in [9.17, 15) is 4.79 Å². The van der Waals surface area contributed by atoms with Gasteiger partial charge in [0.25, 0.3) is 0 Å². The molecule has 7 heteroatoms. The summed E-state index contributed by atoms with van der Waals surface area (Å²) in [4.78, 5) is 26.4. The molecule has 0 amide bonds. The Hall–Kier alpha value is -2.67. The summed E-state index contributed by atoms with van der Waals surface area (Å²) in [6.07, 6.45) is 6.18. The zero-order chi connectivity index (χ0) is 19.3. The van der Waals surface area contributed by atoms with Gasteiger partial charge in [-0.2, -0.15) is 4.98 Å². The third kappa shape index (κ3) is 4.25. The number of rotatable bonds is 8. The highest BCUT2D eigenvalue weighted by Gasteiger charge is 2.14. The molecule has 0 saturated carbocycles. The van der Waals surface area contributed by atoms with Crippen LogP contribution in [0.1, 0.15) is 43.7 Å². The Morgan fingerprint density at radius 1 is 1.18 bits per heavy atom. The second-order valence-corrected chi connectivity index (χ2v) is 7.41. The Morgan fingerprint density at radius 3 is 2.75 bits per heavy atom. The average molecular weight is 381 g/mol. The van der Waals surface area contributed by atoms with Gasteiger partial charge in [-0.15, -0.1) is 0 Å². The van der Waals surface area contributed by atoms with E-state index in [1.54, 1.807) is 10.8 Å². The molecule has 4 rings (SSSR count). The first-order valence-electron chi connectivity index (χ1n) is 10.1. The lowest BCUT2D eigenvalue weighted by atomic mass is 10.1. The summed E-state index contributed by atoms with van der Waals surface area (Å²) in [5, 5.41) is 0. The van der Waals surface area contributed by atoms with Gasteiger partial charge in [0, 0.05) is 6.54 Å². The fourth-order valence-electron chi connectivity index (χ4n) is 3.66. The first-order valence-corrected chi connectivity index (χ1v) is 10.1. The molecule has 1 N–H and O–H groups in total. The number of unbranched alkanes of at least 4 members (excludes halogenated alkanes) is 1. The van der Waals surface area contributed by atoms with E-state index in [1.165, 1.54) is 31.5 Å². The molecule has 0 spiro atoms. The van der Waals surface area contributed by atoms with Gasteiger partial charge in [-0.05, 0) is 43.5 Å². The molecular weight excluding hydrogens is 354 g/mol. The van der Waals surface area contributed by atoms with Crippen LogP contribution in [-0.2, 0) is 13.1 Å². The number of nitrogens with zero attached hydrogens (tertiary/aromatic N) is 4. The van der Waals surface area contributed by atoms with E-state index in [0.29, 0.717) is 30.3 Å². The highest BCUT2D eigenvalue weighted by atomic mass is 16.5. The van der Waals surface area contributed by atoms with Crippen molar-refractivity contribution in [1.29, 1.82) is 0 Å². The minimum atomic E-state index is -0.181. The van der Waals surface area contributed by atoms with Gasteiger partial charge in [0.1, 0.15) is 5.52 Å². The summed E-state index contributed by atoms with van der Waals surface area (Å²) < 4.78 is 7.26. The number of benzene rings is 1. The number of aromatic nitrogens is 4. The van der Waals surface area contributed by atoms with Gasteiger partial charge < -0.3 is 9.72 Å². The molecule has 1 saturated heterocycles. The number of nitrogens with one attached hydrogen (secondary N) is 1. The SMILES string of the molecule is CCCCOc1ncc2[nH]c(=O)n(Cc3cccc(CN4CCCC4)c3)c2n1. The van der Waals surface area contributed by atoms with Gasteiger partial charge in [0.15, 0.2) is 5.65 Å². The smallest absolute Gasteiger partial charge is 0.328 e. The van der Waals surface area contributed by atoms with Crippen molar-refractivity contribution in [2.75, 3.05) is 19.7 Å². The second kappa shape index (κ2) is 8.56. The van der Waals surface area contributed by atoms with Gasteiger partial charge in [-0.3, -0.25) is 9.47 Å². The molecule has 1 aliphatic heterocycles. The van der Waals surface area contributed by atoms with Crippen molar-refractivity contribution in [2.24, 2.45) is 0 Å². The van der Waals surface area contributed by atoms with E-state index in [2.05, 4.69) is 51.0 Å². The van der Waals surface area contributed by atoms with Crippen LogP contribution in [0.15, 0.2) is 35.3 Å². The Balaban J connectivity index is 1.55. The zero-order valence-corrected chi connectivity index (χ0v) is 16.4. The topological polar surface area (TPSA) is 76.0 Å². The highest BCUT2D eigenvalue weighted by molar-refractivity contribution is 5.69. The Morgan fingerprint density at radius 2 is 1.96 bits per heavy atom. The van der Waals surface area contributed by atoms with Crippen LogP contribution in [0.25, 0.3) is 11.2 Å². The maximum atomic E-state index is 12.5. The van der Waals surface area contributed by atoms with E-state index >= 15 is 0 Å². The number of fused-ring (bicyclic) bond motifs is 1. The maximum Gasteiger partial charge on any atom is 0.328 e. The van der Waals surface area contributed by atoms with Gasteiger partial charge in [-0.25, -0.2) is 9.78 Å². The van der Waals surface area contributed by atoms with Gasteiger partial charge in [0.05, 0.1) is 19.3 Å². The van der Waals surface area contributed by atoms with Crippen LogP contribution >= 0.6 is 0 Å². The third-order valence-electron chi connectivity index (χ3n) is 5.15. The summed E-state index contributed by atoms with van der Waals surface area (Å²) in [6.45, 7) is 6.46. The molecule has 0 bridgehead atoms. The number of ether oxygens (including phenoxy) is 1. The van der Waals surface area contributed by atoms with Gasteiger partial charge in [-0.1, -0.05) is 37.6 Å². The molecule has 148 valence electrons. The number of hydrogen-bond acceptors (Lipinski definition) is 5. The first-order chi connectivity index (χ1) is 13.7. The normalized spacial score (nSPS) is 14.8. The van der Waals surface area contributed by atoms with Crippen LogP contribution < -0.4 is 10.4 Å². The lowest BCUT2D eigenvalue weighted by molar-refractivity contribution is 0.286. The summed E-state index contributed by atoms with van der Waals surface area (Å²) in [5.41, 5.74) is 3.40. The minimum Gasteiger partial charge on any atom is -0.463 e. The van der Waals surface area contributed by atoms with Crippen LogP contribution in [0.4, 0.5) is 0 Å². The van der Waals surface area contributed by atoms with E-state index in [0.717, 1.165) is 24.9 Å². The summed E-state index contributed by atoms with van der Waals surface area (Å²) >= 11 is 0. The highest BCUT2D eigenvalue weighted by Crippen LogP contribution is 2.16. The Bertz CT molecular complexity index is 988. The van der Waals surface area contributed by atoms with E-state index in [1.807, 2.05) is 0 Å². The molecule has 1 fully saturated rings. The molecule has 1 aromatic carbocycles. The molecule has 1 aliphatic rings. The first kappa shape index (κ1) is 18.7. The summed E-state index contributed by atoms with van der Waals surface area (Å²) in [7, 11) is 0. The third-order valence-corrected chi connectivity index (χ3v) is 5.15. The number of H-pyrrole nitrogens is 1. The van der Waals surface area contributed by atoms with Crippen molar-refractivity contribution in [3.05, 3.63) is 52.1 Å². The van der Waals surface area contributed by atoms with Gasteiger partial charge in [0.2, 0.25) is 0 Å². The minimum absolute atomic E-state index is 0.181. The molecule has 2 aromatic heterocycles. The van der Waals surface area contributed by atoms with Gasteiger partial charge >= 0.3 is 11.7 Å². The molecule has 3 aromatic rings. The number of hydrogen-bond donors (Lipinski definition) is 1. The monoisotopic (exact) mass is 381 g/mol. The maximum absolute atomic E-state index is 12.5. The molecule has 7 nitrogen and oxygen atoms in total. The fourth-order valence-corrected chi connectivity index (χ4v) is 3.66. The van der Waals surface area contributed by atoms with Crippen molar-refractivity contribution < 1.29 is 4.74 Å². The van der Waals surface area contributed by atoms with E-state index < -0.39 is 0 Å². The molecule has 3 heterocycles. The molecule has 0 radical (unpaired) electrons. The number of likely N-dealkylation sites (tertiary alicyclic amines) is 1. The lowest BCUT2D eigenvalue weighted by Crippen LogP contribution is -2.19. The molecule has 0 atom stereocenters. The number of imidazole rings is 1. The standard InChI is InChI=1S/C21H27N5O2/c1-2-3-11-28-20-22-13-18-19(24-20)26(21(27)23-18)15-17-8-6-7-16(12-17)14-25-9-4-5-10-25/h6-8,12-13H,2-5,9-11,14-15H2,1H3,(H,23,27). The Labute approximate surface area is 164 Å². The van der Waals surface area contributed by atoms with E-state index in [4.69, 9.17) is 4.74 Å². The van der Waals surface area contributed by atoms with Crippen LogP contribution in [0.2, 0.25) is 0 Å². The molecular formula is C21H27N5O2. The van der Waals surface area contributed by atoms with E-state index in [-0.39, 0.29) is 5.69 Å². The van der Waals surface area contributed by atoms with Crippen LogP contribution in [0, 0.1) is 0 Å². The quantitative estimate of drug-likeness (QED) is 0.607. The lowest BCUT2D eigenvalue weighted by Gasteiger charge is -2.15. The summed E-state index contributed by atoms with van der Waals surface area (Å²) in [5.74, 6) is 0. The van der Waals surface area contributed by atoms with Crippen molar-refractivity contribution in [1.82, 2.24) is 24.4 Å². The van der Waals surface area contributed by atoms with Crippen molar-refractivity contribution in [3.63, 3.8) is 0 Å². The molecule has 28 heavy (non-hydrogen) atoms. The average Bonchev–Trinajstić information content (AvgIpc) is 3.31. The number of aromatic amines is 1. The molecule has 0 unspecified atom stereocenters. The molecule has 0 aliphatic carbocycles. The van der Waals surface area contributed by atoms with Crippen LogP contribution in [0.3, 0.4) is 0 Å². The Kier molecular flexibility index (Phi) is 5.71. The largest absolute Gasteiger partial charge is 0.463 e.